The molecule has 0 bridgehead atoms. The molecule has 1 atom stereocenters. The lowest BCUT2D eigenvalue weighted by Gasteiger charge is -2.12. The first-order valence-corrected chi connectivity index (χ1v) is 5.98. The number of nitrogens with one attached hydrogen (secondary N) is 1. The number of amides is 1. The minimum atomic E-state index is -1.42. The molecule has 0 saturated carbocycles. The Balaban J connectivity index is 2.11. The second-order valence-corrected chi connectivity index (χ2v) is 4.41. The maximum absolute atomic E-state index is 13.1. The van der Waals surface area contributed by atoms with Gasteiger partial charge in [-0.1, -0.05) is 12.1 Å². The molecule has 0 radical (unpaired) electrons. The predicted octanol–water partition coefficient (Wildman–Crippen LogP) is 2.95. The first-order chi connectivity index (χ1) is 9.47. The van der Waals surface area contributed by atoms with E-state index in [1.165, 1.54) is 42.5 Å². The van der Waals surface area contributed by atoms with Gasteiger partial charge in [0.2, 0.25) is 0 Å². The first kappa shape index (κ1) is 14.1. The molecule has 0 aliphatic rings. The number of hydrogen-bond acceptors (Lipinski definition) is 2. The summed E-state index contributed by atoms with van der Waals surface area (Å²) in [6, 6.07) is 9.11. The lowest BCUT2D eigenvalue weighted by Crippen LogP contribution is -2.20. The standard InChI is InChI=1S/C15H13F2NO2/c1-9-8-10(2-7-13(9)17)14(19)15(20)18-12-5-3-11(16)4-6-12/h2-8,14,19H,1H3,(H,18,20). The SMILES string of the molecule is Cc1cc(C(O)C(=O)Nc2ccc(F)cc2)ccc1F. The van der Waals surface area contributed by atoms with Crippen LogP contribution in [0.15, 0.2) is 42.5 Å². The van der Waals surface area contributed by atoms with Crippen LogP contribution in [-0.4, -0.2) is 11.0 Å². The summed E-state index contributed by atoms with van der Waals surface area (Å²) in [4.78, 5) is 11.8. The number of carbonyl (C=O) groups excluding carboxylic acids is 1. The van der Waals surface area contributed by atoms with E-state index in [0.717, 1.165) is 0 Å². The summed E-state index contributed by atoms with van der Waals surface area (Å²) in [6.45, 7) is 1.55. The van der Waals surface area contributed by atoms with E-state index in [2.05, 4.69) is 5.32 Å². The quantitative estimate of drug-likeness (QED) is 0.906. The highest BCUT2D eigenvalue weighted by Crippen LogP contribution is 2.19. The number of aliphatic hydroxyl groups is 1. The molecule has 0 spiro atoms. The van der Waals surface area contributed by atoms with Crippen molar-refractivity contribution in [3.8, 4) is 0 Å². The van der Waals surface area contributed by atoms with Gasteiger partial charge in [-0.2, -0.15) is 0 Å². The molecule has 20 heavy (non-hydrogen) atoms. The van der Waals surface area contributed by atoms with Gasteiger partial charge in [-0.3, -0.25) is 4.79 Å². The predicted molar refractivity (Wildman–Crippen MR) is 71.1 cm³/mol. The van der Waals surface area contributed by atoms with E-state index in [9.17, 15) is 18.7 Å². The second-order valence-electron chi connectivity index (χ2n) is 4.41. The highest BCUT2D eigenvalue weighted by Gasteiger charge is 2.18. The van der Waals surface area contributed by atoms with Crippen LogP contribution < -0.4 is 5.32 Å². The molecule has 0 heterocycles. The average molecular weight is 277 g/mol. The highest BCUT2D eigenvalue weighted by molar-refractivity contribution is 5.94. The Hall–Kier alpha value is -2.27. The molecule has 2 rings (SSSR count). The fourth-order valence-corrected chi connectivity index (χ4v) is 1.73. The van der Waals surface area contributed by atoms with Gasteiger partial charge in [0.25, 0.3) is 5.91 Å². The van der Waals surface area contributed by atoms with Crippen LogP contribution in [-0.2, 0) is 4.79 Å². The van der Waals surface area contributed by atoms with Gasteiger partial charge in [0.05, 0.1) is 0 Å². The van der Waals surface area contributed by atoms with Crippen molar-refractivity contribution in [3.63, 3.8) is 0 Å². The van der Waals surface area contributed by atoms with Gasteiger partial charge in [-0.15, -0.1) is 0 Å². The van der Waals surface area contributed by atoms with Crippen LogP contribution in [0.4, 0.5) is 14.5 Å². The highest BCUT2D eigenvalue weighted by atomic mass is 19.1. The van der Waals surface area contributed by atoms with Crippen molar-refractivity contribution in [1.82, 2.24) is 0 Å². The van der Waals surface area contributed by atoms with Crippen molar-refractivity contribution in [2.75, 3.05) is 5.32 Å². The summed E-state index contributed by atoms with van der Waals surface area (Å²) in [5.41, 5.74) is 1.01. The topological polar surface area (TPSA) is 49.3 Å². The minimum Gasteiger partial charge on any atom is -0.378 e. The normalized spacial score (nSPS) is 12.0. The van der Waals surface area contributed by atoms with E-state index in [1.807, 2.05) is 0 Å². The van der Waals surface area contributed by atoms with Gasteiger partial charge in [-0.25, -0.2) is 8.78 Å². The molecule has 0 aliphatic carbocycles. The summed E-state index contributed by atoms with van der Waals surface area (Å²) >= 11 is 0. The van der Waals surface area contributed by atoms with Gasteiger partial charge >= 0.3 is 0 Å². The maximum atomic E-state index is 13.1. The van der Waals surface area contributed by atoms with Crippen molar-refractivity contribution >= 4 is 11.6 Å². The zero-order valence-corrected chi connectivity index (χ0v) is 10.7. The van der Waals surface area contributed by atoms with Crippen LogP contribution in [0.1, 0.15) is 17.2 Å². The summed E-state index contributed by atoms with van der Waals surface area (Å²) in [5.74, 6) is -1.49. The number of aliphatic hydroxyl groups excluding tert-OH is 1. The number of benzene rings is 2. The van der Waals surface area contributed by atoms with Gasteiger partial charge in [0.15, 0.2) is 6.10 Å². The van der Waals surface area contributed by atoms with Crippen molar-refractivity contribution in [2.24, 2.45) is 0 Å². The molecule has 0 saturated heterocycles. The van der Waals surface area contributed by atoms with E-state index in [1.54, 1.807) is 6.92 Å². The number of anilines is 1. The van der Waals surface area contributed by atoms with Gasteiger partial charge in [0.1, 0.15) is 11.6 Å². The molecule has 5 heteroatoms. The summed E-state index contributed by atoms with van der Waals surface area (Å²) in [7, 11) is 0. The van der Waals surface area contributed by atoms with Gasteiger partial charge in [0, 0.05) is 5.69 Å². The molecule has 0 fully saturated rings. The van der Waals surface area contributed by atoms with Crippen LogP contribution in [0.5, 0.6) is 0 Å². The van der Waals surface area contributed by atoms with Gasteiger partial charge in [-0.05, 0) is 48.4 Å². The van der Waals surface area contributed by atoms with Crippen LogP contribution >= 0.6 is 0 Å². The van der Waals surface area contributed by atoms with E-state index in [4.69, 9.17) is 0 Å². The fourth-order valence-electron chi connectivity index (χ4n) is 1.73. The van der Waals surface area contributed by atoms with Crippen LogP contribution in [0.2, 0.25) is 0 Å². The molecule has 2 aromatic carbocycles. The number of halogens is 2. The molecule has 1 amide bonds. The third kappa shape index (κ3) is 3.19. The molecule has 1 unspecified atom stereocenters. The smallest absolute Gasteiger partial charge is 0.257 e. The molecule has 3 nitrogen and oxygen atoms in total. The largest absolute Gasteiger partial charge is 0.378 e. The molecule has 0 aliphatic heterocycles. The molecule has 2 aromatic rings. The fraction of sp³-hybridized carbons (Fsp3) is 0.133. The average Bonchev–Trinajstić information content (AvgIpc) is 2.43. The zero-order chi connectivity index (χ0) is 14.7. The van der Waals surface area contributed by atoms with Crippen molar-refractivity contribution < 1.29 is 18.7 Å². The lowest BCUT2D eigenvalue weighted by atomic mass is 10.1. The molecular formula is C15H13F2NO2. The maximum Gasteiger partial charge on any atom is 0.257 e. The van der Waals surface area contributed by atoms with Gasteiger partial charge < -0.3 is 10.4 Å². The summed E-state index contributed by atoms with van der Waals surface area (Å²) in [5, 5.41) is 12.4. The number of rotatable bonds is 3. The third-order valence-electron chi connectivity index (χ3n) is 2.86. The van der Waals surface area contributed by atoms with E-state index in [0.29, 0.717) is 16.8 Å². The van der Waals surface area contributed by atoms with E-state index < -0.39 is 23.6 Å². The Morgan fingerprint density at radius 2 is 1.80 bits per heavy atom. The Morgan fingerprint density at radius 1 is 1.15 bits per heavy atom. The van der Waals surface area contributed by atoms with Crippen LogP contribution in [0, 0.1) is 18.6 Å². The van der Waals surface area contributed by atoms with Crippen molar-refractivity contribution in [2.45, 2.75) is 13.0 Å². The molecular weight excluding hydrogens is 264 g/mol. The number of aryl methyl sites for hydroxylation is 1. The number of carbonyl (C=O) groups is 1. The Labute approximate surface area is 114 Å². The molecule has 2 N–H and O–H groups in total. The Morgan fingerprint density at radius 3 is 2.40 bits per heavy atom. The van der Waals surface area contributed by atoms with Crippen molar-refractivity contribution in [1.29, 1.82) is 0 Å². The van der Waals surface area contributed by atoms with E-state index in [-0.39, 0.29) is 0 Å². The Kier molecular flexibility index (Phi) is 4.10. The first-order valence-electron chi connectivity index (χ1n) is 5.98. The molecule has 0 aromatic heterocycles. The van der Waals surface area contributed by atoms with Crippen LogP contribution in [0.25, 0.3) is 0 Å². The number of hydrogen-bond donors (Lipinski definition) is 2. The third-order valence-corrected chi connectivity index (χ3v) is 2.86. The monoisotopic (exact) mass is 277 g/mol. The summed E-state index contributed by atoms with van der Waals surface area (Å²) in [6.07, 6.45) is -1.42. The second kappa shape index (κ2) is 5.79. The lowest BCUT2D eigenvalue weighted by molar-refractivity contribution is -0.124. The van der Waals surface area contributed by atoms with E-state index >= 15 is 0 Å². The van der Waals surface area contributed by atoms with Crippen molar-refractivity contribution in [3.05, 3.63) is 65.2 Å². The summed E-state index contributed by atoms with van der Waals surface area (Å²) < 4.78 is 25.9. The minimum absolute atomic E-state index is 0.295. The van der Waals surface area contributed by atoms with Crippen LogP contribution in [0.3, 0.4) is 0 Å². The Bertz CT molecular complexity index is 626. The molecule has 104 valence electrons. The zero-order valence-electron chi connectivity index (χ0n) is 10.7.